The van der Waals surface area contributed by atoms with E-state index in [4.69, 9.17) is 0 Å². The molecule has 1 amide bonds. The summed E-state index contributed by atoms with van der Waals surface area (Å²) in [7, 11) is 1.77. The summed E-state index contributed by atoms with van der Waals surface area (Å²) in [6.07, 6.45) is 4.37. The van der Waals surface area contributed by atoms with Gasteiger partial charge in [0.2, 0.25) is 0 Å². The molecule has 0 aromatic heterocycles. The van der Waals surface area contributed by atoms with Crippen LogP contribution in [0.25, 0.3) is 0 Å². The Labute approximate surface area is 119 Å². The molecule has 2 rings (SSSR count). The van der Waals surface area contributed by atoms with Gasteiger partial charge in [-0.05, 0) is 37.0 Å². The molecule has 1 aliphatic rings. The second kappa shape index (κ2) is 5.95. The van der Waals surface area contributed by atoms with Crippen LogP contribution in [-0.2, 0) is 0 Å². The van der Waals surface area contributed by atoms with Crippen molar-refractivity contribution in [2.24, 2.45) is 5.92 Å². The SMILES string of the molecule is CC1CCCC(N(C)C(=O)c2cc(S)ccc2F)C1. The molecule has 1 aromatic carbocycles. The van der Waals surface area contributed by atoms with Gasteiger partial charge in [0, 0.05) is 18.0 Å². The first kappa shape index (κ1) is 14.4. The van der Waals surface area contributed by atoms with E-state index in [9.17, 15) is 9.18 Å². The first-order chi connectivity index (χ1) is 8.99. The van der Waals surface area contributed by atoms with Crippen molar-refractivity contribution in [1.29, 1.82) is 0 Å². The molecule has 19 heavy (non-hydrogen) atoms. The summed E-state index contributed by atoms with van der Waals surface area (Å²) in [6, 6.07) is 4.58. The highest BCUT2D eigenvalue weighted by atomic mass is 32.1. The van der Waals surface area contributed by atoms with Crippen LogP contribution in [0.5, 0.6) is 0 Å². The van der Waals surface area contributed by atoms with Crippen molar-refractivity contribution in [2.75, 3.05) is 7.05 Å². The van der Waals surface area contributed by atoms with Crippen LogP contribution in [-0.4, -0.2) is 23.9 Å². The molecule has 0 heterocycles. The van der Waals surface area contributed by atoms with Crippen molar-refractivity contribution in [2.45, 2.75) is 43.5 Å². The van der Waals surface area contributed by atoms with Crippen molar-refractivity contribution >= 4 is 18.5 Å². The maximum absolute atomic E-state index is 13.7. The Bertz CT molecular complexity index is 477. The summed E-state index contributed by atoms with van der Waals surface area (Å²) < 4.78 is 13.7. The molecule has 104 valence electrons. The number of nitrogens with zero attached hydrogens (tertiary/aromatic N) is 1. The Hall–Kier alpha value is -1.03. The van der Waals surface area contributed by atoms with E-state index >= 15 is 0 Å². The number of hydrogen-bond acceptors (Lipinski definition) is 2. The summed E-state index contributed by atoms with van der Waals surface area (Å²) in [6.45, 7) is 2.21. The fraction of sp³-hybridized carbons (Fsp3) is 0.533. The first-order valence-electron chi connectivity index (χ1n) is 6.74. The molecular weight excluding hydrogens is 261 g/mol. The Morgan fingerprint density at radius 1 is 1.42 bits per heavy atom. The molecule has 0 saturated heterocycles. The Morgan fingerprint density at radius 3 is 2.84 bits per heavy atom. The number of carbonyl (C=O) groups excluding carboxylic acids is 1. The van der Waals surface area contributed by atoms with Crippen LogP contribution < -0.4 is 0 Å². The Balaban J connectivity index is 2.16. The zero-order valence-electron chi connectivity index (χ0n) is 11.4. The number of amides is 1. The van der Waals surface area contributed by atoms with Gasteiger partial charge >= 0.3 is 0 Å². The van der Waals surface area contributed by atoms with Gasteiger partial charge in [-0.2, -0.15) is 0 Å². The number of carbonyl (C=O) groups is 1. The fourth-order valence-corrected chi connectivity index (χ4v) is 2.99. The predicted molar refractivity (Wildman–Crippen MR) is 77.2 cm³/mol. The van der Waals surface area contributed by atoms with Gasteiger partial charge in [-0.3, -0.25) is 4.79 Å². The first-order valence-corrected chi connectivity index (χ1v) is 7.19. The van der Waals surface area contributed by atoms with Gasteiger partial charge in [0.05, 0.1) is 5.56 Å². The lowest BCUT2D eigenvalue weighted by Gasteiger charge is -2.34. The van der Waals surface area contributed by atoms with E-state index in [0.29, 0.717) is 10.8 Å². The van der Waals surface area contributed by atoms with Gasteiger partial charge in [0.1, 0.15) is 5.82 Å². The van der Waals surface area contributed by atoms with Gasteiger partial charge in [0.15, 0.2) is 0 Å². The summed E-state index contributed by atoms with van der Waals surface area (Å²) in [5.74, 6) is -0.0823. The molecule has 2 nitrogen and oxygen atoms in total. The lowest BCUT2D eigenvalue weighted by molar-refractivity contribution is 0.0667. The zero-order chi connectivity index (χ0) is 14.0. The highest BCUT2D eigenvalue weighted by molar-refractivity contribution is 7.80. The highest BCUT2D eigenvalue weighted by Crippen LogP contribution is 2.28. The van der Waals surface area contributed by atoms with Crippen molar-refractivity contribution < 1.29 is 9.18 Å². The van der Waals surface area contributed by atoms with E-state index in [-0.39, 0.29) is 17.5 Å². The van der Waals surface area contributed by atoms with E-state index in [1.165, 1.54) is 18.6 Å². The van der Waals surface area contributed by atoms with Crippen molar-refractivity contribution in [3.8, 4) is 0 Å². The number of rotatable bonds is 2. The minimum Gasteiger partial charge on any atom is -0.339 e. The maximum Gasteiger partial charge on any atom is 0.256 e. The van der Waals surface area contributed by atoms with Crippen LogP contribution in [0.1, 0.15) is 43.0 Å². The third kappa shape index (κ3) is 3.30. The molecule has 1 fully saturated rings. The molecule has 2 unspecified atom stereocenters. The molecular formula is C15H20FNOS. The fourth-order valence-electron chi connectivity index (χ4n) is 2.79. The Morgan fingerprint density at radius 2 is 2.16 bits per heavy atom. The van der Waals surface area contributed by atoms with E-state index in [0.717, 1.165) is 19.3 Å². The molecule has 0 radical (unpaired) electrons. The lowest BCUT2D eigenvalue weighted by atomic mass is 9.86. The number of halogens is 1. The van der Waals surface area contributed by atoms with Crippen LogP contribution in [0.3, 0.4) is 0 Å². The topological polar surface area (TPSA) is 20.3 Å². The van der Waals surface area contributed by atoms with Gasteiger partial charge in [-0.15, -0.1) is 12.6 Å². The number of hydrogen-bond donors (Lipinski definition) is 1. The summed E-state index contributed by atoms with van der Waals surface area (Å²) in [5.41, 5.74) is 0.119. The third-order valence-corrected chi connectivity index (χ3v) is 4.24. The Kier molecular flexibility index (Phi) is 4.50. The van der Waals surface area contributed by atoms with E-state index in [2.05, 4.69) is 19.6 Å². The molecule has 0 N–H and O–H groups in total. The standard InChI is InChI=1S/C15H20FNOS/c1-10-4-3-5-11(8-10)17(2)15(18)13-9-12(19)6-7-14(13)16/h6-7,9-11,19H,3-5,8H2,1-2H3. The minimum absolute atomic E-state index is 0.119. The molecule has 0 aliphatic heterocycles. The van der Waals surface area contributed by atoms with Crippen molar-refractivity contribution in [3.63, 3.8) is 0 Å². The van der Waals surface area contributed by atoms with Crippen LogP contribution in [0, 0.1) is 11.7 Å². The second-order valence-corrected chi connectivity index (χ2v) is 6.02. The third-order valence-electron chi connectivity index (χ3n) is 3.96. The second-order valence-electron chi connectivity index (χ2n) is 5.51. The predicted octanol–water partition coefficient (Wildman–Crippen LogP) is 3.77. The van der Waals surface area contributed by atoms with Gasteiger partial charge in [0.25, 0.3) is 5.91 Å². The largest absolute Gasteiger partial charge is 0.339 e. The summed E-state index contributed by atoms with van der Waals surface area (Å²) in [4.78, 5) is 14.7. The average Bonchev–Trinajstić information content (AvgIpc) is 2.40. The summed E-state index contributed by atoms with van der Waals surface area (Å²) in [5, 5.41) is 0. The monoisotopic (exact) mass is 281 g/mol. The molecule has 2 atom stereocenters. The summed E-state index contributed by atoms with van der Waals surface area (Å²) >= 11 is 4.17. The lowest BCUT2D eigenvalue weighted by Crippen LogP contribution is -2.40. The van der Waals surface area contributed by atoms with E-state index < -0.39 is 5.82 Å². The van der Waals surface area contributed by atoms with Gasteiger partial charge in [-0.1, -0.05) is 19.8 Å². The van der Waals surface area contributed by atoms with Crippen LogP contribution in [0.15, 0.2) is 23.1 Å². The van der Waals surface area contributed by atoms with Gasteiger partial charge < -0.3 is 4.90 Å². The van der Waals surface area contributed by atoms with Crippen molar-refractivity contribution in [3.05, 3.63) is 29.6 Å². The molecule has 0 spiro atoms. The van der Waals surface area contributed by atoms with Crippen LogP contribution in [0.2, 0.25) is 0 Å². The zero-order valence-corrected chi connectivity index (χ0v) is 12.3. The smallest absolute Gasteiger partial charge is 0.256 e. The molecule has 1 aromatic rings. The average molecular weight is 281 g/mol. The van der Waals surface area contributed by atoms with E-state index in [1.54, 1.807) is 18.0 Å². The normalized spacial score (nSPS) is 23.2. The molecule has 4 heteroatoms. The molecule has 1 saturated carbocycles. The molecule has 1 aliphatic carbocycles. The van der Waals surface area contributed by atoms with Crippen LogP contribution in [0.4, 0.5) is 4.39 Å². The molecule has 0 bridgehead atoms. The van der Waals surface area contributed by atoms with E-state index in [1.807, 2.05) is 0 Å². The number of benzene rings is 1. The number of thiol groups is 1. The van der Waals surface area contributed by atoms with Crippen LogP contribution >= 0.6 is 12.6 Å². The van der Waals surface area contributed by atoms with Gasteiger partial charge in [-0.25, -0.2) is 4.39 Å². The quantitative estimate of drug-likeness (QED) is 0.818. The van der Waals surface area contributed by atoms with Crippen molar-refractivity contribution in [1.82, 2.24) is 4.90 Å². The minimum atomic E-state index is -0.474. The highest BCUT2D eigenvalue weighted by Gasteiger charge is 2.27. The maximum atomic E-state index is 13.7.